The van der Waals surface area contributed by atoms with Crippen LogP contribution in [-0.2, 0) is 19.0 Å². The molecule has 0 radical (unpaired) electrons. The molecule has 5 nitrogen and oxygen atoms in total. The molecule has 1 atom stereocenters. The molecule has 1 unspecified atom stereocenters. The van der Waals surface area contributed by atoms with Crippen LogP contribution in [0.5, 0.6) is 0 Å². The van der Waals surface area contributed by atoms with Crippen LogP contribution in [-0.4, -0.2) is 38.1 Å². The summed E-state index contributed by atoms with van der Waals surface area (Å²) in [5.74, 6) is -0.757. The van der Waals surface area contributed by atoms with Gasteiger partial charge in [-0.25, -0.2) is 0 Å². The summed E-state index contributed by atoms with van der Waals surface area (Å²) in [7, 11) is 1.41. The number of carbonyl (C=O) groups excluding carboxylic acids is 1. The van der Waals surface area contributed by atoms with E-state index in [4.69, 9.17) is 14.2 Å². The van der Waals surface area contributed by atoms with Gasteiger partial charge in [0, 0.05) is 4.88 Å². The molecule has 1 fully saturated rings. The minimum atomic E-state index is -0.529. The van der Waals surface area contributed by atoms with E-state index in [1.807, 2.05) is 31.4 Å². The first-order valence-electron chi connectivity index (χ1n) is 6.64. The van der Waals surface area contributed by atoms with Crippen LogP contribution in [0, 0.1) is 0 Å². The second kappa shape index (κ2) is 6.67. The first-order chi connectivity index (χ1) is 9.50. The van der Waals surface area contributed by atoms with Crippen molar-refractivity contribution < 1.29 is 19.0 Å². The maximum Gasteiger partial charge on any atom is 0.307 e. The van der Waals surface area contributed by atoms with Gasteiger partial charge >= 0.3 is 5.97 Å². The fourth-order valence-electron chi connectivity index (χ4n) is 2.05. The lowest BCUT2D eigenvalue weighted by atomic mass is 10.1. The molecule has 0 saturated carbocycles. The Kier molecular flexibility index (Phi) is 5.15. The summed E-state index contributed by atoms with van der Waals surface area (Å²) < 4.78 is 16.0. The largest absolute Gasteiger partial charge is 0.469 e. The zero-order chi connectivity index (χ0) is 14.6. The van der Waals surface area contributed by atoms with Gasteiger partial charge in [0.1, 0.15) is 0 Å². The Labute approximate surface area is 123 Å². The van der Waals surface area contributed by atoms with E-state index in [2.05, 4.69) is 5.32 Å². The molecular weight excluding hydrogens is 278 g/mol. The molecule has 1 aromatic rings. The standard InChI is InChI=1S/C14H21NO4S/c1-14(2)18-8-10(9-19-14)15-11(7-13(16)17-3)12-5-4-6-20-12/h4-6,10-11,15H,7-9H2,1-3H3. The molecule has 20 heavy (non-hydrogen) atoms. The predicted octanol–water partition coefficient (Wildman–Crippen LogP) is 2.09. The van der Waals surface area contributed by atoms with E-state index in [0.717, 1.165) is 4.88 Å². The summed E-state index contributed by atoms with van der Waals surface area (Å²) in [5, 5.41) is 5.42. The van der Waals surface area contributed by atoms with Gasteiger partial charge in [-0.05, 0) is 25.3 Å². The molecule has 1 N–H and O–H groups in total. The van der Waals surface area contributed by atoms with Crippen molar-refractivity contribution in [3.8, 4) is 0 Å². The fourth-order valence-corrected chi connectivity index (χ4v) is 2.84. The van der Waals surface area contributed by atoms with Crippen LogP contribution < -0.4 is 5.32 Å². The monoisotopic (exact) mass is 299 g/mol. The minimum Gasteiger partial charge on any atom is -0.469 e. The quantitative estimate of drug-likeness (QED) is 0.844. The normalized spacial score (nSPS) is 20.6. The van der Waals surface area contributed by atoms with Gasteiger partial charge in [0.2, 0.25) is 0 Å². The molecule has 6 heteroatoms. The molecule has 0 aromatic carbocycles. The Morgan fingerprint density at radius 2 is 2.25 bits per heavy atom. The van der Waals surface area contributed by atoms with Gasteiger partial charge < -0.3 is 19.5 Å². The Morgan fingerprint density at radius 1 is 1.55 bits per heavy atom. The van der Waals surface area contributed by atoms with E-state index in [0.29, 0.717) is 19.6 Å². The summed E-state index contributed by atoms with van der Waals surface area (Å²) in [6.45, 7) is 4.93. The van der Waals surface area contributed by atoms with Gasteiger partial charge in [-0.2, -0.15) is 0 Å². The molecule has 2 heterocycles. The third-order valence-electron chi connectivity index (χ3n) is 3.19. The van der Waals surface area contributed by atoms with Crippen molar-refractivity contribution in [1.29, 1.82) is 0 Å². The summed E-state index contributed by atoms with van der Waals surface area (Å²) in [6, 6.07) is 3.99. The second-order valence-corrected chi connectivity index (χ2v) is 6.21. The maximum absolute atomic E-state index is 11.5. The van der Waals surface area contributed by atoms with E-state index in [-0.39, 0.29) is 18.1 Å². The Bertz CT molecular complexity index is 422. The smallest absolute Gasteiger partial charge is 0.307 e. The number of thiophene rings is 1. The van der Waals surface area contributed by atoms with Gasteiger partial charge in [0.15, 0.2) is 5.79 Å². The molecule has 0 amide bonds. The van der Waals surface area contributed by atoms with E-state index in [1.165, 1.54) is 7.11 Å². The van der Waals surface area contributed by atoms with Crippen LogP contribution in [0.25, 0.3) is 0 Å². The second-order valence-electron chi connectivity index (χ2n) is 5.23. The molecule has 1 aliphatic rings. The third-order valence-corrected chi connectivity index (χ3v) is 4.17. The highest BCUT2D eigenvalue weighted by Gasteiger charge is 2.30. The lowest BCUT2D eigenvalue weighted by Crippen LogP contribution is -2.49. The minimum absolute atomic E-state index is 0.0686. The molecule has 2 rings (SSSR count). The SMILES string of the molecule is COC(=O)CC(NC1COC(C)(C)OC1)c1cccs1. The average molecular weight is 299 g/mol. The van der Waals surface area contributed by atoms with Gasteiger partial charge in [-0.15, -0.1) is 11.3 Å². The van der Waals surface area contributed by atoms with Crippen LogP contribution in [0.1, 0.15) is 31.2 Å². The summed E-state index contributed by atoms with van der Waals surface area (Å²) in [4.78, 5) is 12.7. The summed E-state index contributed by atoms with van der Waals surface area (Å²) in [6.07, 6.45) is 0.302. The molecule has 1 aliphatic heterocycles. The van der Waals surface area contributed by atoms with Crippen molar-refractivity contribution in [2.24, 2.45) is 0 Å². The van der Waals surface area contributed by atoms with Gasteiger partial charge in [0.05, 0.1) is 38.8 Å². The number of hydrogen-bond acceptors (Lipinski definition) is 6. The number of carbonyl (C=O) groups is 1. The van der Waals surface area contributed by atoms with Gasteiger partial charge in [-0.3, -0.25) is 4.79 Å². The molecule has 1 aromatic heterocycles. The summed E-state index contributed by atoms with van der Waals surface area (Å²) in [5.41, 5.74) is 0. The number of esters is 1. The van der Waals surface area contributed by atoms with E-state index >= 15 is 0 Å². The highest BCUT2D eigenvalue weighted by atomic mass is 32.1. The van der Waals surface area contributed by atoms with Crippen molar-refractivity contribution in [2.45, 2.75) is 38.1 Å². The van der Waals surface area contributed by atoms with Gasteiger partial charge in [-0.1, -0.05) is 6.07 Å². The van der Waals surface area contributed by atoms with Crippen LogP contribution in [0.3, 0.4) is 0 Å². The number of nitrogens with one attached hydrogen (secondary N) is 1. The zero-order valence-corrected chi connectivity index (χ0v) is 12.9. The lowest BCUT2D eigenvalue weighted by Gasteiger charge is -2.36. The molecule has 1 saturated heterocycles. The van der Waals surface area contributed by atoms with E-state index in [9.17, 15) is 4.79 Å². The maximum atomic E-state index is 11.5. The molecule has 0 spiro atoms. The first-order valence-corrected chi connectivity index (χ1v) is 7.52. The fraction of sp³-hybridized carbons (Fsp3) is 0.643. The molecule has 0 aliphatic carbocycles. The Morgan fingerprint density at radius 3 is 2.80 bits per heavy atom. The van der Waals surface area contributed by atoms with Crippen LogP contribution in [0.4, 0.5) is 0 Å². The zero-order valence-electron chi connectivity index (χ0n) is 12.0. The van der Waals surface area contributed by atoms with Crippen LogP contribution in [0.2, 0.25) is 0 Å². The number of ether oxygens (including phenoxy) is 3. The van der Waals surface area contributed by atoms with Crippen molar-refractivity contribution >= 4 is 17.3 Å². The highest BCUT2D eigenvalue weighted by molar-refractivity contribution is 7.10. The van der Waals surface area contributed by atoms with Gasteiger partial charge in [0.25, 0.3) is 0 Å². The molecule has 0 bridgehead atoms. The van der Waals surface area contributed by atoms with Crippen molar-refractivity contribution in [1.82, 2.24) is 5.32 Å². The van der Waals surface area contributed by atoms with E-state index < -0.39 is 5.79 Å². The predicted molar refractivity (Wildman–Crippen MR) is 76.6 cm³/mol. The highest BCUT2D eigenvalue weighted by Crippen LogP contribution is 2.25. The Balaban J connectivity index is 1.96. The van der Waals surface area contributed by atoms with Crippen molar-refractivity contribution in [3.63, 3.8) is 0 Å². The first kappa shape index (κ1) is 15.4. The Hall–Kier alpha value is -0.950. The van der Waals surface area contributed by atoms with Crippen molar-refractivity contribution in [3.05, 3.63) is 22.4 Å². The molecular formula is C14H21NO4S. The number of rotatable bonds is 5. The summed E-state index contributed by atoms with van der Waals surface area (Å²) >= 11 is 1.62. The van der Waals surface area contributed by atoms with Crippen LogP contribution in [0.15, 0.2) is 17.5 Å². The number of methoxy groups -OCH3 is 1. The number of hydrogen-bond donors (Lipinski definition) is 1. The average Bonchev–Trinajstić information content (AvgIpc) is 2.94. The van der Waals surface area contributed by atoms with Crippen molar-refractivity contribution in [2.75, 3.05) is 20.3 Å². The van der Waals surface area contributed by atoms with Crippen LogP contribution >= 0.6 is 11.3 Å². The van der Waals surface area contributed by atoms with E-state index in [1.54, 1.807) is 11.3 Å². The lowest BCUT2D eigenvalue weighted by molar-refractivity contribution is -0.253. The topological polar surface area (TPSA) is 56.8 Å². The third kappa shape index (κ3) is 4.28. The molecule has 112 valence electrons.